The van der Waals surface area contributed by atoms with Gasteiger partial charge in [-0.3, -0.25) is 14.2 Å². The smallest absolute Gasteiger partial charge is 0.311 e. The van der Waals surface area contributed by atoms with Crippen LogP contribution in [0.4, 0.5) is 0 Å². The van der Waals surface area contributed by atoms with Gasteiger partial charge in [0.25, 0.3) is 0 Å². The Bertz CT molecular complexity index is 835. The van der Waals surface area contributed by atoms with Crippen LogP contribution in [0.25, 0.3) is 5.69 Å². The van der Waals surface area contributed by atoms with Gasteiger partial charge in [-0.15, -0.1) is 10.2 Å². The maximum Gasteiger partial charge on any atom is 0.311 e. The number of fused-ring (bicyclic) bond motifs is 1. The van der Waals surface area contributed by atoms with Crippen LogP contribution in [0.2, 0.25) is 0 Å². The number of aromatic nitrogens is 3. The fourth-order valence-corrected chi connectivity index (χ4v) is 4.69. The van der Waals surface area contributed by atoms with Crippen molar-refractivity contribution < 1.29 is 14.7 Å². The molecule has 1 N–H and O–H groups in total. The third kappa shape index (κ3) is 3.11. The maximum atomic E-state index is 12.9. The number of carboxylic acid groups (broad SMARTS) is 1. The van der Waals surface area contributed by atoms with Crippen LogP contribution in [0.1, 0.15) is 44.3 Å². The number of amides is 1. The van der Waals surface area contributed by atoms with Crippen LogP contribution in [-0.2, 0) is 16.0 Å². The van der Waals surface area contributed by atoms with Gasteiger partial charge in [-0.1, -0.05) is 31.0 Å². The first-order chi connectivity index (χ1) is 13.1. The van der Waals surface area contributed by atoms with E-state index in [1.54, 1.807) is 6.33 Å². The summed E-state index contributed by atoms with van der Waals surface area (Å²) in [6.45, 7) is 0.543. The van der Waals surface area contributed by atoms with Gasteiger partial charge in [-0.05, 0) is 31.4 Å². The number of carbonyl (C=O) groups excluding carboxylic acids is 1. The normalized spacial score (nSPS) is 24.6. The number of aliphatic carboxylic acids is 1. The van der Waals surface area contributed by atoms with E-state index < -0.39 is 11.4 Å². The maximum absolute atomic E-state index is 12.9. The molecular formula is C20H24N4O3. The predicted molar refractivity (Wildman–Crippen MR) is 98.3 cm³/mol. The molecule has 1 aromatic carbocycles. The second-order valence-corrected chi connectivity index (χ2v) is 7.51. The van der Waals surface area contributed by atoms with Gasteiger partial charge in [-0.25, -0.2) is 0 Å². The van der Waals surface area contributed by atoms with E-state index in [0.29, 0.717) is 32.2 Å². The third-order valence-corrected chi connectivity index (χ3v) is 6.12. The van der Waals surface area contributed by atoms with Crippen molar-refractivity contribution >= 4 is 11.9 Å². The Kier molecular flexibility index (Phi) is 4.68. The summed E-state index contributed by atoms with van der Waals surface area (Å²) in [5.41, 5.74) is 0.223. The minimum atomic E-state index is -0.744. The molecule has 0 bridgehead atoms. The van der Waals surface area contributed by atoms with E-state index in [2.05, 4.69) is 10.2 Å². The highest BCUT2D eigenvalue weighted by Gasteiger charge is 2.54. The van der Waals surface area contributed by atoms with Crippen LogP contribution in [0, 0.1) is 5.41 Å². The van der Waals surface area contributed by atoms with Gasteiger partial charge >= 0.3 is 5.97 Å². The number of nitrogens with zero attached hydrogens (tertiary/aromatic N) is 4. The molecule has 1 saturated heterocycles. The van der Waals surface area contributed by atoms with Gasteiger partial charge in [0.2, 0.25) is 5.91 Å². The Morgan fingerprint density at radius 1 is 1.19 bits per heavy atom. The summed E-state index contributed by atoms with van der Waals surface area (Å²) in [7, 11) is 0. The summed E-state index contributed by atoms with van der Waals surface area (Å²) < 4.78 is 1.89. The Hall–Kier alpha value is -2.70. The fourth-order valence-electron chi connectivity index (χ4n) is 4.69. The molecule has 2 aromatic rings. The first kappa shape index (κ1) is 17.7. The summed E-state index contributed by atoms with van der Waals surface area (Å²) in [6.07, 6.45) is 6.42. The Morgan fingerprint density at radius 2 is 2.00 bits per heavy atom. The molecule has 0 spiro atoms. The number of carboxylic acids is 1. The van der Waals surface area contributed by atoms with Crippen LogP contribution in [0.3, 0.4) is 0 Å². The molecule has 2 atom stereocenters. The van der Waals surface area contributed by atoms with Gasteiger partial charge in [-0.2, -0.15) is 0 Å². The van der Waals surface area contributed by atoms with Gasteiger partial charge in [0.1, 0.15) is 12.2 Å². The molecule has 4 rings (SSSR count). The minimum absolute atomic E-state index is 0.0210. The van der Waals surface area contributed by atoms with E-state index in [4.69, 9.17) is 0 Å². The van der Waals surface area contributed by atoms with Crippen molar-refractivity contribution in [3.63, 3.8) is 0 Å². The van der Waals surface area contributed by atoms with E-state index in [-0.39, 0.29) is 11.9 Å². The van der Waals surface area contributed by atoms with Crippen molar-refractivity contribution in [3.05, 3.63) is 42.5 Å². The number of hydrogen-bond acceptors (Lipinski definition) is 4. The average molecular weight is 368 g/mol. The lowest BCUT2D eigenvalue weighted by Crippen LogP contribution is -2.48. The van der Waals surface area contributed by atoms with E-state index in [0.717, 1.165) is 30.8 Å². The lowest BCUT2D eigenvalue weighted by molar-refractivity contribution is -0.153. The van der Waals surface area contributed by atoms with Crippen LogP contribution >= 0.6 is 0 Å². The van der Waals surface area contributed by atoms with E-state index in [9.17, 15) is 14.7 Å². The highest BCUT2D eigenvalue weighted by molar-refractivity contribution is 5.82. The minimum Gasteiger partial charge on any atom is -0.481 e. The number of benzene rings is 1. The molecule has 2 aliphatic rings. The molecule has 2 heterocycles. The first-order valence-corrected chi connectivity index (χ1v) is 9.59. The zero-order valence-corrected chi connectivity index (χ0v) is 15.3. The Labute approximate surface area is 158 Å². The third-order valence-electron chi connectivity index (χ3n) is 6.12. The molecule has 142 valence electrons. The summed E-state index contributed by atoms with van der Waals surface area (Å²) in [5.74, 6) is 0.0147. The summed E-state index contributed by atoms with van der Waals surface area (Å²) in [4.78, 5) is 26.6. The number of likely N-dealkylation sites (tertiary alicyclic amines) is 1. The standard InChI is InChI=1S/C20H24N4O3/c25-18(23-13-12-20(19(26)27)11-5-4-8-16(20)23)10-9-17-22-21-14-24(17)15-6-2-1-3-7-15/h1-3,6-7,14,16H,4-5,8-13H2,(H,26,27)/t16-,20+/m0/s1. The monoisotopic (exact) mass is 368 g/mol. The highest BCUT2D eigenvalue weighted by atomic mass is 16.4. The first-order valence-electron chi connectivity index (χ1n) is 9.59. The van der Waals surface area contributed by atoms with Crippen molar-refractivity contribution in [1.82, 2.24) is 19.7 Å². The number of hydrogen-bond donors (Lipinski definition) is 1. The fraction of sp³-hybridized carbons (Fsp3) is 0.500. The SMILES string of the molecule is O=C(CCc1nncn1-c1ccccc1)N1CC[C@]2(C(=O)O)CCCC[C@H]12. The van der Waals surface area contributed by atoms with Crippen molar-refractivity contribution in [3.8, 4) is 5.69 Å². The van der Waals surface area contributed by atoms with E-state index >= 15 is 0 Å². The number of carbonyl (C=O) groups is 2. The van der Waals surface area contributed by atoms with Crippen LogP contribution in [0.5, 0.6) is 0 Å². The molecule has 0 unspecified atom stereocenters. The number of para-hydroxylation sites is 1. The van der Waals surface area contributed by atoms with Crippen LogP contribution in [-0.4, -0.2) is 49.2 Å². The van der Waals surface area contributed by atoms with Gasteiger partial charge in [0.05, 0.1) is 5.41 Å². The van der Waals surface area contributed by atoms with E-state index in [1.165, 1.54) is 0 Å². The Balaban J connectivity index is 1.45. The number of rotatable bonds is 5. The van der Waals surface area contributed by atoms with Gasteiger partial charge in [0, 0.05) is 31.1 Å². The molecule has 2 fully saturated rings. The molecule has 1 aliphatic carbocycles. The second kappa shape index (κ2) is 7.13. The predicted octanol–water partition coefficient (Wildman–Crippen LogP) is 2.45. The summed E-state index contributed by atoms with van der Waals surface area (Å²) in [6, 6.07) is 9.62. The molecule has 1 saturated carbocycles. The van der Waals surface area contributed by atoms with Gasteiger partial charge in [0.15, 0.2) is 0 Å². The van der Waals surface area contributed by atoms with Crippen molar-refractivity contribution in [2.24, 2.45) is 5.41 Å². The lowest BCUT2D eigenvalue weighted by Gasteiger charge is -2.38. The molecule has 1 amide bonds. The van der Waals surface area contributed by atoms with Crippen molar-refractivity contribution in [2.75, 3.05) is 6.54 Å². The molecule has 27 heavy (non-hydrogen) atoms. The summed E-state index contributed by atoms with van der Waals surface area (Å²) >= 11 is 0. The molecular weight excluding hydrogens is 344 g/mol. The Morgan fingerprint density at radius 3 is 2.78 bits per heavy atom. The van der Waals surface area contributed by atoms with Crippen molar-refractivity contribution in [2.45, 2.75) is 51.0 Å². The van der Waals surface area contributed by atoms with Crippen LogP contribution < -0.4 is 0 Å². The molecule has 7 heteroatoms. The molecule has 1 aliphatic heterocycles. The quantitative estimate of drug-likeness (QED) is 0.876. The second-order valence-electron chi connectivity index (χ2n) is 7.51. The molecule has 7 nitrogen and oxygen atoms in total. The molecule has 0 radical (unpaired) electrons. The zero-order valence-electron chi connectivity index (χ0n) is 15.3. The average Bonchev–Trinajstić information content (AvgIpc) is 3.32. The molecule has 1 aromatic heterocycles. The number of aryl methyl sites for hydroxylation is 1. The zero-order chi connectivity index (χ0) is 18.9. The summed E-state index contributed by atoms with van der Waals surface area (Å²) in [5, 5.41) is 17.9. The van der Waals surface area contributed by atoms with E-state index in [1.807, 2.05) is 39.8 Å². The highest BCUT2D eigenvalue weighted by Crippen LogP contribution is 2.47. The van der Waals surface area contributed by atoms with Gasteiger partial charge < -0.3 is 10.0 Å². The van der Waals surface area contributed by atoms with Crippen LogP contribution in [0.15, 0.2) is 36.7 Å². The topological polar surface area (TPSA) is 88.3 Å². The van der Waals surface area contributed by atoms with Crippen molar-refractivity contribution in [1.29, 1.82) is 0 Å². The lowest BCUT2D eigenvalue weighted by atomic mass is 9.70. The largest absolute Gasteiger partial charge is 0.481 e.